The van der Waals surface area contributed by atoms with Crippen molar-refractivity contribution in [3.8, 4) is 5.82 Å². The average molecular weight is 271 g/mol. The van der Waals surface area contributed by atoms with Gasteiger partial charge in [-0.3, -0.25) is 0 Å². The molecule has 0 bridgehead atoms. The molecule has 2 aromatic heterocycles. The molecule has 2 heterocycles. The second-order valence-corrected chi connectivity index (χ2v) is 3.89. The van der Waals surface area contributed by atoms with E-state index in [9.17, 15) is 4.39 Å². The van der Waals surface area contributed by atoms with E-state index in [1.165, 1.54) is 12.4 Å². The first-order chi connectivity index (χ1) is 7.09. The van der Waals surface area contributed by atoms with Crippen LogP contribution in [-0.2, 0) is 0 Å². The van der Waals surface area contributed by atoms with Crippen LogP contribution in [0.4, 0.5) is 4.39 Å². The lowest BCUT2D eigenvalue weighted by Crippen LogP contribution is -2.03. The number of rotatable bonds is 1. The highest BCUT2D eigenvalue weighted by molar-refractivity contribution is 9.10. The summed E-state index contributed by atoms with van der Waals surface area (Å²) in [6.07, 6.45) is 1.18. The fourth-order valence-corrected chi connectivity index (χ4v) is 1.53. The SMILES string of the molecule is Cc1nn(-c2cc(F)ncn2)c(C)c1Br. The van der Waals surface area contributed by atoms with Crippen LogP contribution in [0.1, 0.15) is 11.4 Å². The number of aryl methyl sites for hydroxylation is 1. The zero-order valence-corrected chi connectivity index (χ0v) is 9.79. The molecule has 0 saturated carbocycles. The number of aromatic nitrogens is 4. The molecule has 0 saturated heterocycles. The van der Waals surface area contributed by atoms with Crippen molar-refractivity contribution in [1.82, 2.24) is 19.7 Å². The van der Waals surface area contributed by atoms with Gasteiger partial charge in [-0.2, -0.15) is 9.49 Å². The van der Waals surface area contributed by atoms with Crippen molar-refractivity contribution in [2.45, 2.75) is 13.8 Å². The summed E-state index contributed by atoms with van der Waals surface area (Å²) in [6.45, 7) is 3.75. The fourth-order valence-electron chi connectivity index (χ4n) is 1.29. The molecule has 0 spiro atoms. The summed E-state index contributed by atoms with van der Waals surface area (Å²) in [4.78, 5) is 7.35. The summed E-state index contributed by atoms with van der Waals surface area (Å²) in [5.41, 5.74) is 1.72. The maximum Gasteiger partial charge on any atom is 0.218 e. The predicted molar refractivity (Wildman–Crippen MR) is 56.3 cm³/mol. The molecule has 6 heteroatoms. The summed E-state index contributed by atoms with van der Waals surface area (Å²) >= 11 is 3.40. The van der Waals surface area contributed by atoms with E-state index >= 15 is 0 Å². The Morgan fingerprint density at radius 1 is 1.33 bits per heavy atom. The smallest absolute Gasteiger partial charge is 0.218 e. The minimum atomic E-state index is -0.566. The van der Waals surface area contributed by atoms with Gasteiger partial charge in [0.25, 0.3) is 0 Å². The molecule has 15 heavy (non-hydrogen) atoms. The van der Waals surface area contributed by atoms with Gasteiger partial charge in [0, 0.05) is 6.07 Å². The molecule has 0 radical (unpaired) electrons. The molecule has 0 fully saturated rings. The maximum atomic E-state index is 12.9. The summed E-state index contributed by atoms with van der Waals surface area (Å²) in [7, 11) is 0. The molecular formula is C9H8BrFN4. The van der Waals surface area contributed by atoms with Crippen LogP contribution in [0.5, 0.6) is 0 Å². The molecule has 0 N–H and O–H groups in total. The van der Waals surface area contributed by atoms with E-state index in [0.717, 1.165) is 15.9 Å². The van der Waals surface area contributed by atoms with Crippen LogP contribution in [0.15, 0.2) is 16.9 Å². The summed E-state index contributed by atoms with van der Waals surface area (Å²) in [5, 5.41) is 4.23. The van der Waals surface area contributed by atoms with Gasteiger partial charge in [0.15, 0.2) is 5.82 Å². The molecule has 0 aliphatic heterocycles. The Bertz CT molecular complexity index is 509. The first-order valence-corrected chi connectivity index (χ1v) is 5.08. The van der Waals surface area contributed by atoms with Crippen LogP contribution >= 0.6 is 15.9 Å². The zero-order valence-electron chi connectivity index (χ0n) is 8.20. The Kier molecular flexibility index (Phi) is 2.52. The van der Waals surface area contributed by atoms with Crippen LogP contribution in [0.2, 0.25) is 0 Å². The Labute approximate surface area is 94.3 Å². The van der Waals surface area contributed by atoms with Crippen molar-refractivity contribution in [3.63, 3.8) is 0 Å². The predicted octanol–water partition coefficient (Wildman–Crippen LogP) is 2.18. The van der Waals surface area contributed by atoms with Gasteiger partial charge >= 0.3 is 0 Å². The lowest BCUT2D eigenvalue weighted by atomic mass is 10.4. The van der Waals surface area contributed by atoms with Gasteiger partial charge in [-0.25, -0.2) is 14.6 Å². The Morgan fingerprint density at radius 2 is 2.07 bits per heavy atom. The van der Waals surface area contributed by atoms with Crippen LogP contribution in [-0.4, -0.2) is 19.7 Å². The summed E-state index contributed by atoms with van der Waals surface area (Å²) < 4.78 is 15.4. The fraction of sp³-hybridized carbons (Fsp3) is 0.222. The first-order valence-electron chi connectivity index (χ1n) is 4.29. The second kappa shape index (κ2) is 3.69. The molecule has 0 aromatic carbocycles. The quantitative estimate of drug-likeness (QED) is 0.747. The molecule has 4 nitrogen and oxygen atoms in total. The molecule has 2 rings (SSSR count). The molecule has 0 amide bonds. The van der Waals surface area contributed by atoms with E-state index in [-0.39, 0.29) is 0 Å². The first kappa shape index (κ1) is 10.2. The van der Waals surface area contributed by atoms with Gasteiger partial charge in [0.1, 0.15) is 6.33 Å². The molecule has 0 atom stereocenters. The van der Waals surface area contributed by atoms with Crippen molar-refractivity contribution in [2.24, 2.45) is 0 Å². The standard InChI is InChI=1S/C9H8BrFN4/c1-5-9(10)6(2)15(14-5)8-3-7(11)12-4-13-8/h3-4H,1-2H3. The van der Waals surface area contributed by atoms with Crippen LogP contribution < -0.4 is 0 Å². The lowest BCUT2D eigenvalue weighted by molar-refractivity contribution is 0.575. The van der Waals surface area contributed by atoms with E-state index in [1.807, 2.05) is 13.8 Å². The van der Waals surface area contributed by atoms with E-state index in [4.69, 9.17) is 0 Å². The number of hydrogen-bond acceptors (Lipinski definition) is 3. The third-order valence-electron chi connectivity index (χ3n) is 2.04. The highest BCUT2D eigenvalue weighted by Crippen LogP contribution is 2.21. The number of halogens is 2. The zero-order chi connectivity index (χ0) is 11.0. The van der Waals surface area contributed by atoms with E-state index in [0.29, 0.717) is 5.82 Å². The number of nitrogens with zero attached hydrogens (tertiary/aromatic N) is 4. The van der Waals surface area contributed by atoms with E-state index in [2.05, 4.69) is 31.0 Å². The molecule has 78 valence electrons. The van der Waals surface area contributed by atoms with Crippen LogP contribution in [0.3, 0.4) is 0 Å². The van der Waals surface area contributed by atoms with Gasteiger partial charge in [0.2, 0.25) is 5.95 Å². The van der Waals surface area contributed by atoms with Crippen molar-refractivity contribution >= 4 is 15.9 Å². The number of hydrogen-bond donors (Lipinski definition) is 0. The van der Waals surface area contributed by atoms with Gasteiger partial charge in [-0.05, 0) is 29.8 Å². The highest BCUT2D eigenvalue weighted by atomic mass is 79.9. The van der Waals surface area contributed by atoms with Crippen LogP contribution in [0, 0.1) is 19.8 Å². The maximum absolute atomic E-state index is 12.9. The monoisotopic (exact) mass is 270 g/mol. The third kappa shape index (κ3) is 1.77. The van der Waals surface area contributed by atoms with Crippen molar-refractivity contribution in [1.29, 1.82) is 0 Å². The van der Waals surface area contributed by atoms with E-state index in [1.54, 1.807) is 4.68 Å². The largest absolute Gasteiger partial charge is 0.218 e. The molecule has 0 aliphatic rings. The Morgan fingerprint density at radius 3 is 2.60 bits per heavy atom. The third-order valence-corrected chi connectivity index (χ3v) is 3.19. The summed E-state index contributed by atoms with van der Waals surface area (Å²) in [5.74, 6) is -0.141. The average Bonchev–Trinajstić information content (AvgIpc) is 2.46. The van der Waals surface area contributed by atoms with Gasteiger partial charge in [-0.15, -0.1) is 0 Å². The van der Waals surface area contributed by atoms with E-state index < -0.39 is 5.95 Å². The minimum absolute atomic E-state index is 0.425. The van der Waals surface area contributed by atoms with Gasteiger partial charge in [0.05, 0.1) is 15.9 Å². The lowest BCUT2D eigenvalue weighted by Gasteiger charge is -2.01. The van der Waals surface area contributed by atoms with Crippen molar-refractivity contribution in [2.75, 3.05) is 0 Å². The molecule has 0 unspecified atom stereocenters. The molecule has 2 aromatic rings. The normalized spacial score (nSPS) is 10.7. The second-order valence-electron chi connectivity index (χ2n) is 3.10. The molecule has 0 aliphatic carbocycles. The van der Waals surface area contributed by atoms with Gasteiger partial charge in [-0.1, -0.05) is 0 Å². The minimum Gasteiger partial charge on any atom is -0.218 e. The van der Waals surface area contributed by atoms with Crippen LogP contribution in [0.25, 0.3) is 5.82 Å². The topological polar surface area (TPSA) is 43.6 Å². The van der Waals surface area contributed by atoms with Gasteiger partial charge < -0.3 is 0 Å². The summed E-state index contributed by atoms with van der Waals surface area (Å²) in [6, 6.07) is 1.24. The Balaban J connectivity index is 2.59. The molecular weight excluding hydrogens is 263 g/mol. The highest BCUT2D eigenvalue weighted by Gasteiger charge is 2.11. The van der Waals surface area contributed by atoms with Crippen molar-refractivity contribution in [3.05, 3.63) is 34.2 Å². The Hall–Kier alpha value is -1.30. The van der Waals surface area contributed by atoms with Crippen molar-refractivity contribution < 1.29 is 4.39 Å².